The lowest BCUT2D eigenvalue weighted by atomic mass is 10.2. The molecule has 0 radical (unpaired) electrons. The lowest BCUT2D eigenvalue weighted by molar-refractivity contribution is -0.119. The van der Waals surface area contributed by atoms with Crippen LogP contribution in [0.3, 0.4) is 0 Å². The van der Waals surface area contributed by atoms with Crippen LogP contribution in [0.2, 0.25) is 0 Å². The quantitative estimate of drug-likeness (QED) is 0.709. The van der Waals surface area contributed by atoms with E-state index >= 15 is 0 Å². The van der Waals surface area contributed by atoms with E-state index in [0.717, 1.165) is 0 Å². The predicted octanol–water partition coefficient (Wildman–Crippen LogP) is 2.52. The third-order valence-corrected chi connectivity index (χ3v) is 3.65. The molecule has 0 unspecified atom stereocenters. The number of carbonyl (C=O) groups is 2. The first-order chi connectivity index (χ1) is 13.0. The van der Waals surface area contributed by atoms with Gasteiger partial charge in [0, 0.05) is 6.07 Å². The van der Waals surface area contributed by atoms with Crippen molar-refractivity contribution in [3.8, 4) is 23.0 Å². The van der Waals surface area contributed by atoms with Crippen molar-refractivity contribution in [3.05, 3.63) is 42.0 Å². The highest BCUT2D eigenvalue weighted by molar-refractivity contribution is 5.99. The van der Waals surface area contributed by atoms with Crippen LogP contribution in [0, 0.1) is 0 Å². The molecular formula is C19H21NO7. The van der Waals surface area contributed by atoms with Crippen LogP contribution in [0.15, 0.2) is 36.4 Å². The number of hydrogen-bond acceptors (Lipinski definition) is 7. The number of anilines is 1. The molecule has 0 bridgehead atoms. The zero-order valence-electron chi connectivity index (χ0n) is 15.5. The highest BCUT2D eigenvalue weighted by Gasteiger charge is 2.21. The average molecular weight is 375 g/mol. The second-order valence-corrected chi connectivity index (χ2v) is 5.23. The van der Waals surface area contributed by atoms with E-state index in [1.54, 1.807) is 36.4 Å². The van der Waals surface area contributed by atoms with E-state index in [1.807, 2.05) is 0 Å². The Hall–Kier alpha value is -3.42. The van der Waals surface area contributed by atoms with E-state index in [0.29, 0.717) is 17.2 Å². The largest absolute Gasteiger partial charge is 0.497 e. The summed E-state index contributed by atoms with van der Waals surface area (Å²) in [6.07, 6.45) is 0. The van der Waals surface area contributed by atoms with Gasteiger partial charge < -0.3 is 29.0 Å². The van der Waals surface area contributed by atoms with Gasteiger partial charge in [-0.3, -0.25) is 4.79 Å². The molecule has 2 rings (SSSR count). The van der Waals surface area contributed by atoms with Crippen molar-refractivity contribution >= 4 is 17.6 Å². The first kappa shape index (κ1) is 19.9. The van der Waals surface area contributed by atoms with Crippen molar-refractivity contribution in [2.75, 3.05) is 40.4 Å². The van der Waals surface area contributed by atoms with E-state index in [9.17, 15) is 9.59 Å². The Labute approximate surface area is 156 Å². The molecule has 2 aromatic rings. The molecular weight excluding hydrogens is 354 g/mol. The molecule has 8 nitrogen and oxygen atoms in total. The minimum Gasteiger partial charge on any atom is -0.497 e. The monoisotopic (exact) mass is 375 g/mol. The van der Waals surface area contributed by atoms with Crippen molar-refractivity contribution in [1.29, 1.82) is 0 Å². The molecule has 1 N–H and O–H groups in total. The van der Waals surface area contributed by atoms with Crippen molar-refractivity contribution in [2.24, 2.45) is 0 Å². The molecule has 0 aromatic heterocycles. The van der Waals surface area contributed by atoms with Crippen molar-refractivity contribution < 1.29 is 33.3 Å². The first-order valence-corrected chi connectivity index (χ1v) is 7.94. The molecule has 1 amide bonds. The lowest BCUT2D eigenvalue weighted by Gasteiger charge is -2.13. The van der Waals surface area contributed by atoms with Crippen LogP contribution in [0.1, 0.15) is 10.4 Å². The molecule has 144 valence electrons. The first-order valence-electron chi connectivity index (χ1n) is 7.94. The summed E-state index contributed by atoms with van der Waals surface area (Å²) in [7, 11) is 5.84. The molecule has 0 heterocycles. The van der Waals surface area contributed by atoms with Crippen molar-refractivity contribution in [2.45, 2.75) is 0 Å². The van der Waals surface area contributed by atoms with E-state index in [1.165, 1.54) is 28.4 Å². The van der Waals surface area contributed by atoms with Crippen LogP contribution < -0.4 is 24.3 Å². The Balaban J connectivity index is 2.07. The number of methoxy groups -OCH3 is 4. The Bertz CT molecular complexity index is 797. The van der Waals surface area contributed by atoms with Gasteiger partial charge in [-0.05, 0) is 24.3 Å². The van der Waals surface area contributed by atoms with Crippen LogP contribution in [0.25, 0.3) is 0 Å². The minimum absolute atomic E-state index is 0.106. The number of benzene rings is 2. The van der Waals surface area contributed by atoms with Gasteiger partial charge in [0.15, 0.2) is 6.61 Å². The van der Waals surface area contributed by atoms with Crippen LogP contribution >= 0.6 is 0 Å². The van der Waals surface area contributed by atoms with E-state index in [-0.39, 0.29) is 17.1 Å². The zero-order chi connectivity index (χ0) is 19.8. The summed E-state index contributed by atoms with van der Waals surface area (Å²) in [5, 5.41) is 2.62. The molecule has 0 saturated heterocycles. The maximum absolute atomic E-state index is 12.4. The summed E-state index contributed by atoms with van der Waals surface area (Å²) in [5.74, 6) is 0.285. The van der Waals surface area contributed by atoms with E-state index in [2.05, 4.69) is 5.32 Å². The average Bonchev–Trinajstić information content (AvgIpc) is 2.71. The fourth-order valence-electron chi connectivity index (χ4n) is 2.35. The van der Waals surface area contributed by atoms with Crippen LogP contribution in [0.4, 0.5) is 5.69 Å². The van der Waals surface area contributed by atoms with Crippen LogP contribution in [-0.2, 0) is 9.53 Å². The van der Waals surface area contributed by atoms with E-state index < -0.39 is 18.5 Å². The fourth-order valence-corrected chi connectivity index (χ4v) is 2.35. The summed E-state index contributed by atoms with van der Waals surface area (Å²) in [6, 6.07) is 9.82. The maximum atomic E-state index is 12.4. The van der Waals surface area contributed by atoms with Gasteiger partial charge in [0.2, 0.25) is 0 Å². The summed E-state index contributed by atoms with van der Waals surface area (Å²) in [6.45, 7) is -0.500. The standard InChI is InChI=1S/C19H21NO7/c1-23-12-8-9-14(24-2)13(10-12)20-17(21)11-27-19(22)18-15(25-3)6-5-7-16(18)26-4/h5-10H,11H2,1-4H3,(H,20,21). The smallest absolute Gasteiger partial charge is 0.346 e. The summed E-state index contributed by atoms with van der Waals surface area (Å²) in [4.78, 5) is 24.6. The number of rotatable bonds is 8. The summed E-state index contributed by atoms with van der Waals surface area (Å²) in [5.41, 5.74) is 0.502. The molecule has 0 fully saturated rings. The van der Waals surface area contributed by atoms with Gasteiger partial charge >= 0.3 is 5.97 Å². The summed E-state index contributed by atoms with van der Waals surface area (Å²) >= 11 is 0. The SMILES string of the molecule is COc1ccc(OC)c(NC(=O)COC(=O)c2c(OC)cccc2OC)c1. The van der Waals surface area contributed by atoms with Gasteiger partial charge in [-0.25, -0.2) is 4.79 Å². The zero-order valence-corrected chi connectivity index (χ0v) is 15.5. The molecule has 2 aromatic carbocycles. The van der Waals surface area contributed by atoms with Gasteiger partial charge in [-0.15, -0.1) is 0 Å². The van der Waals surface area contributed by atoms with Gasteiger partial charge in [-0.2, -0.15) is 0 Å². The van der Waals surface area contributed by atoms with Gasteiger partial charge in [0.1, 0.15) is 28.6 Å². The number of nitrogens with one attached hydrogen (secondary N) is 1. The molecule has 0 aliphatic carbocycles. The molecule has 0 aliphatic heterocycles. The van der Waals surface area contributed by atoms with E-state index in [4.69, 9.17) is 23.7 Å². The topological polar surface area (TPSA) is 92.3 Å². The van der Waals surface area contributed by atoms with Crippen LogP contribution in [-0.4, -0.2) is 46.9 Å². The Kier molecular flexibility index (Phi) is 6.87. The van der Waals surface area contributed by atoms with Crippen molar-refractivity contribution in [3.63, 3.8) is 0 Å². The predicted molar refractivity (Wildman–Crippen MR) is 98.0 cm³/mol. The van der Waals surface area contributed by atoms with Gasteiger partial charge in [-0.1, -0.05) is 6.07 Å². The third kappa shape index (κ3) is 4.81. The molecule has 27 heavy (non-hydrogen) atoms. The highest BCUT2D eigenvalue weighted by Crippen LogP contribution is 2.30. The number of carbonyl (C=O) groups excluding carboxylic acids is 2. The number of amides is 1. The molecule has 8 heteroatoms. The normalized spacial score (nSPS) is 9.93. The molecule has 0 aliphatic rings. The number of esters is 1. The molecule has 0 spiro atoms. The van der Waals surface area contributed by atoms with Gasteiger partial charge in [0.25, 0.3) is 5.91 Å². The van der Waals surface area contributed by atoms with Crippen LogP contribution in [0.5, 0.6) is 23.0 Å². The maximum Gasteiger partial charge on any atom is 0.346 e. The third-order valence-electron chi connectivity index (χ3n) is 3.65. The van der Waals surface area contributed by atoms with Crippen molar-refractivity contribution in [1.82, 2.24) is 0 Å². The summed E-state index contributed by atoms with van der Waals surface area (Å²) < 4.78 is 25.7. The number of ether oxygens (including phenoxy) is 5. The second kappa shape index (κ2) is 9.33. The molecule has 0 atom stereocenters. The second-order valence-electron chi connectivity index (χ2n) is 5.23. The Morgan fingerprint density at radius 3 is 2.04 bits per heavy atom. The number of hydrogen-bond donors (Lipinski definition) is 1. The van der Waals surface area contributed by atoms with Gasteiger partial charge in [0.05, 0.1) is 34.1 Å². The highest BCUT2D eigenvalue weighted by atomic mass is 16.5. The lowest BCUT2D eigenvalue weighted by Crippen LogP contribution is -2.21. The Morgan fingerprint density at radius 1 is 0.852 bits per heavy atom. The minimum atomic E-state index is -0.739. The molecule has 0 saturated carbocycles. The Morgan fingerprint density at radius 2 is 1.48 bits per heavy atom. The fraction of sp³-hybridized carbons (Fsp3) is 0.263.